The summed E-state index contributed by atoms with van der Waals surface area (Å²) in [6, 6.07) is 0.0655. The van der Waals surface area contributed by atoms with E-state index in [4.69, 9.17) is 5.73 Å². The summed E-state index contributed by atoms with van der Waals surface area (Å²) in [6.45, 7) is 9.01. The van der Waals surface area contributed by atoms with Crippen molar-refractivity contribution in [3.05, 3.63) is 0 Å². The minimum atomic E-state index is -0.961. The van der Waals surface area contributed by atoms with Crippen LogP contribution in [0.2, 0.25) is 0 Å². The van der Waals surface area contributed by atoms with Gasteiger partial charge in [0.15, 0.2) is 12.3 Å². The number of amides is 2. The van der Waals surface area contributed by atoms with E-state index in [1.54, 1.807) is 0 Å². The predicted molar refractivity (Wildman–Crippen MR) is 139 cm³/mol. The van der Waals surface area contributed by atoms with Crippen molar-refractivity contribution < 1.29 is 18.6 Å². The van der Waals surface area contributed by atoms with Crippen molar-refractivity contribution in [2.75, 3.05) is 66.0 Å². The lowest BCUT2D eigenvalue weighted by atomic mass is 9.70. The van der Waals surface area contributed by atoms with Crippen molar-refractivity contribution >= 4 is 11.8 Å². The van der Waals surface area contributed by atoms with Gasteiger partial charge in [0.2, 0.25) is 11.8 Å². The number of halogens is 1. The molecule has 7 atom stereocenters. The number of piperazine rings is 1. The van der Waals surface area contributed by atoms with Gasteiger partial charge in [0.05, 0.1) is 7.05 Å². The molecule has 5 rings (SSSR count). The Bertz CT molecular complexity index is 820. The van der Waals surface area contributed by atoms with E-state index in [1.807, 2.05) is 11.9 Å². The molecule has 0 bridgehead atoms. The molecule has 1 aliphatic carbocycles. The van der Waals surface area contributed by atoms with Crippen molar-refractivity contribution in [2.24, 2.45) is 29.4 Å². The van der Waals surface area contributed by atoms with E-state index >= 15 is 0 Å². The fourth-order valence-corrected chi connectivity index (χ4v) is 7.84. The van der Waals surface area contributed by atoms with E-state index in [0.717, 1.165) is 77.9 Å². The number of likely N-dealkylation sites (tertiary alicyclic amines) is 1. The summed E-state index contributed by atoms with van der Waals surface area (Å²) in [5.74, 6) is 0.920. The summed E-state index contributed by atoms with van der Waals surface area (Å²) >= 11 is 0. The molecule has 11 heteroatoms. The zero-order valence-electron chi connectivity index (χ0n) is 22.6. The van der Waals surface area contributed by atoms with Crippen LogP contribution in [0.15, 0.2) is 0 Å². The Balaban J connectivity index is 1.22. The average molecular weight is 524 g/mol. The van der Waals surface area contributed by atoms with Gasteiger partial charge in [-0.25, -0.2) is 8.98 Å². The van der Waals surface area contributed by atoms with Gasteiger partial charge in [-0.1, -0.05) is 6.92 Å². The fraction of sp³-hybridized carbons (Fsp3) is 0.923. The van der Waals surface area contributed by atoms with Gasteiger partial charge in [0, 0.05) is 51.2 Å². The second kappa shape index (κ2) is 11.4. The molecule has 4 saturated heterocycles. The SMILES string of the molecule is CCN1CCC(C2CCC(C(=O)N3CCNCC3)CC2)C(NC(=O)C2C(N)N[N+]3(C)CC(F)CNC23)C1. The Morgan fingerprint density at radius 2 is 1.84 bits per heavy atom. The van der Waals surface area contributed by atoms with Crippen molar-refractivity contribution in [3.63, 3.8) is 0 Å². The van der Waals surface area contributed by atoms with Crippen LogP contribution >= 0.6 is 0 Å². The quantitative estimate of drug-likeness (QED) is 0.299. The van der Waals surface area contributed by atoms with Gasteiger partial charge in [-0.05, 0) is 57.0 Å². The first-order valence-electron chi connectivity index (χ1n) is 14.6. The number of fused-ring (bicyclic) bond motifs is 1. The van der Waals surface area contributed by atoms with Crippen LogP contribution in [0.5, 0.6) is 0 Å². The molecule has 5 aliphatic rings. The molecular weight excluding hydrogens is 475 g/mol. The van der Waals surface area contributed by atoms with Gasteiger partial charge in [0.1, 0.15) is 18.6 Å². The fourth-order valence-electron chi connectivity index (χ4n) is 7.84. The van der Waals surface area contributed by atoms with Crippen LogP contribution in [0.4, 0.5) is 4.39 Å². The first kappa shape index (κ1) is 27.2. The number of nitrogens with zero attached hydrogens (tertiary/aromatic N) is 3. The molecule has 0 radical (unpaired) electrons. The molecule has 10 nitrogen and oxygen atoms in total. The zero-order valence-corrected chi connectivity index (χ0v) is 22.6. The topological polar surface area (TPSA) is 115 Å². The molecule has 0 aromatic rings. The van der Waals surface area contributed by atoms with Crippen molar-refractivity contribution in [1.29, 1.82) is 0 Å². The Labute approximate surface area is 220 Å². The first-order chi connectivity index (χ1) is 17.8. The molecule has 0 aromatic heterocycles. The molecule has 0 aromatic carbocycles. The normalized spacial score (nSPS) is 43.3. The Morgan fingerprint density at radius 3 is 2.54 bits per heavy atom. The molecule has 1 saturated carbocycles. The number of nitrogens with one attached hydrogen (secondary N) is 4. The summed E-state index contributed by atoms with van der Waals surface area (Å²) in [4.78, 5) is 31.2. The lowest BCUT2D eigenvalue weighted by Gasteiger charge is -2.45. The number of piperidine rings is 1. The second-order valence-electron chi connectivity index (χ2n) is 12.2. The second-order valence-corrected chi connectivity index (χ2v) is 12.2. The van der Waals surface area contributed by atoms with Crippen LogP contribution in [-0.2, 0) is 9.59 Å². The zero-order chi connectivity index (χ0) is 26.2. The van der Waals surface area contributed by atoms with Gasteiger partial charge < -0.3 is 26.2 Å². The third kappa shape index (κ3) is 5.67. The lowest BCUT2D eigenvalue weighted by molar-refractivity contribution is -0.972. The molecule has 210 valence electrons. The van der Waals surface area contributed by atoms with Crippen LogP contribution in [0.1, 0.15) is 39.0 Å². The van der Waals surface area contributed by atoms with Crippen molar-refractivity contribution in [3.8, 4) is 0 Å². The number of carbonyl (C=O) groups excluding carboxylic acids is 2. The summed E-state index contributed by atoms with van der Waals surface area (Å²) in [6.07, 6.45) is 3.34. The van der Waals surface area contributed by atoms with Gasteiger partial charge in [-0.3, -0.25) is 14.9 Å². The highest BCUT2D eigenvalue weighted by atomic mass is 19.1. The van der Waals surface area contributed by atoms with E-state index in [0.29, 0.717) is 24.3 Å². The van der Waals surface area contributed by atoms with Crippen LogP contribution in [-0.4, -0.2) is 117 Å². The number of alkyl halides is 1. The molecule has 2 amide bonds. The van der Waals surface area contributed by atoms with Gasteiger partial charge in [-0.2, -0.15) is 0 Å². The highest BCUT2D eigenvalue weighted by Crippen LogP contribution is 2.39. The smallest absolute Gasteiger partial charge is 0.234 e. The van der Waals surface area contributed by atoms with Gasteiger partial charge >= 0.3 is 0 Å². The van der Waals surface area contributed by atoms with Crippen LogP contribution < -0.4 is 27.1 Å². The maximum absolute atomic E-state index is 14.1. The Kier molecular flexibility index (Phi) is 8.38. The van der Waals surface area contributed by atoms with Crippen molar-refractivity contribution in [2.45, 2.75) is 63.6 Å². The maximum Gasteiger partial charge on any atom is 0.234 e. The molecule has 4 heterocycles. The molecule has 7 unspecified atom stereocenters. The maximum atomic E-state index is 14.1. The number of carbonyl (C=O) groups is 2. The number of rotatable bonds is 5. The minimum Gasteiger partial charge on any atom is -0.351 e. The van der Waals surface area contributed by atoms with E-state index < -0.39 is 18.3 Å². The van der Waals surface area contributed by atoms with Gasteiger partial charge in [0.25, 0.3) is 0 Å². The van der Waals surface area contributed by atoms with E-state index in [2.05, 4.69) is 33.2 Å². The third-order valence-electron chi connectivity index (χ3n) is 9.89. The average Bonchev–Trinajstić information content (AvgIpc) is 3.17. The minimum absolute atomic E-state index is 0.0350. The van der Waals surface area contributed by atoms with Gasteiger partial charge in [-0.15, -0.1) is 5.43 Å². The van der Waals surface area contributed by atoms with E-state index in [-0.39, 0.29) is 35.2 Å². The summed E-state index contributed by atoms with van der Waals surface area (Å²) < 4.78 is 14.4. The summed E-state index contributed by atoms with van der Waals surface area (Å²) in [5, 5.41) is 10.0. The third-order valence-corrected chi connectivity index (χ3v) is 9.89. The van der Waals surface area contributed by atoms with E-state index in [9.17, 15) is 14.0 Å². The summed E-state index contributed by atoms with van der Waals surface area (Å²) in [7, 11) is 1.92. The molecular formula is C26H48FN8O2+. The molecule has 4 aliphatic heterocycles. The number of quaternary nitrogens is 1. The molecule has 5 fully saturated rings. The Hall–Kier alpha value is -1.37. The van der Waals surface area contributed by atoms with Crippen molar-refractivity contribution in [1.82, 2.24) is 31.2 Å². The molecule has 37 heavy (non-hydrogen) atoms. The largest absolute Gasteiger partial charge is 0.351 e. The monoisotopic (exact) mass is 523 g/mol. The first-order valence-corrected chi connectivity index (χ1v) is 14.6. The highest BCUT2D eigenvalue weighted by Gasteiger charge is 2.57. The predicted octanol–water partition coefficient (Wildman–Crippen LogP) is -0.816. The lowest BCUT2D eigenvalue weighted by Crippen LogP contribution is -2.69. The molecule has 0 spiro atoms. The number of hydrogen-bond donors (Lipinski definition) is 5. The molecule has 6 N–H and O–H groups in total. The van der Waals surface area contributed by atoms with Crippen LogP contribution in [0.25, 0.3) is 0 Å². The highest BCUT2D eigenvalue weighted by molar-refractivity contribution is 5.80. The standard InChI is InChI=1S/C26H47FN8O2/c1-3-33-11-8-20(17-4-6-18(7-5-17)26(37)34-12-9-29-10-13-34)21(15-33)31-25(36)22-23(28)32-35(2)16-19(27)14-30-24(22)35/h17-24,29-30,32H,3-16,28H2,1-2H3/p+1. The van der Waals surface area contributed by atoms with Crippen LogP contribution in [0, 0.1) is 23.7 Å². The number of hydrogen-bond acceptors (Lipinski definition) is 7. The summed E-state index contributed by atoms with van der Waals surface area (Å²) in [5.41, 5.74) is 9.68. The number of likely N-dealkylation sites (N-methyl/N-ethyl adjacent to an activating group) is 1. The van der Waals surface area contributed by atoms with Crippen LogP contribution in [0.3, 0.4) is 0 Å². The number of nitrogens with two attached hydrogens (primary N) is 1. The van der Waals surface area contributed by atoms with E-state index in [1.165, 1.54) is 0 Å². The Morgan fingerprint density at radius 1 is 1.11 bits per heavy atom.